The van der Waals surface area contributed by atoms with Crippen LogP contribution in [0.4, 0.5) is 0 Å². The Kier molecular flexibility index (Phi) is 9.16. The van der Waals surface area contributed by atoms with Crippen molar-refractivity contribution in [3.63, 3.8) is 0 Å². The Bertz CT molecular complexity index is 630. The van der Waals surface area contributed by atoms with Crippen molar-refractivity contribution in [1.29, 1.82) is 0 Å². The molecule has 0 atom stereocenters. The molecule has 0 heterocycles. The topological polar surface area (TPSA) is 47.9 Å². The van der Waals surface area contributed by atoms with E-state index >= 15 is 0 Å². The van der Waals surface area contributed by atoms with Gasteiger partial charge in [-0.25, -0.2) is 0 Å². The van der Waals surface area contributed by atoms with Crippen molar-refractivity contribution in [3.05, 3.63) is 34.9 Å². The van der Waals surface area contributed by atoms with Gasteiger partial charge in [-0.05, 0) is 30.5 Å². The molecule has 1 aromatic rings. The summed E-state index contributed by atoms with van der Waals surface area (Å²) in [6.07, 6.45) is 4.09. The van der Waals surface area contributed by atoms with Crippen LogP contribution in [0.3, 0.4) is 0 Å². The zero-order valence-corrected chi connectivity index (χ0v) is 19.2. The van der Waals surface area contributed by atoms with E-state index in [1.165, 1.54) is 0 Å². The normalized spacial score (nSPS) is 16.0. The SMILES string of the molecule is CN=C(NCC1(C(=O)N(C)C)CCCC1)N(C)Cc1cccc(Cl)c1.I. The number of aliphatic imine (C=N–C) groups is 1. The molecule has 2 rings (SSSR count). The van der Waals surface area contributed by atoms with Gasteiger partial charge in [0.05, 0.1) is 5.41 Å². The summed E-state index contributed by atoms with van der Waals surface area (Å²) in [7, 11) is 7.43. The highest BCUT2D eigenvalue weighted by atomic mass is 127. The molecule has 0 bridgehead atoms. The van der Waals surface area contributed by atoms with Crippen molar-refractivity contribution in [3.8, 4) is 0 Å². The zero-order valence-electron chi connectivity index (χ0n) is 16.1. The van der Waals surface area contributed by atoms with Crippen molar-refractivity contribution < 1.29 is 4.79 Å². The highest BCUT2D eigenvalue weighted by Gasteiger charge is 2.42. The number of hydrogen-bond acceptors (Lipinski definition) is 2. The minimum absolute atomic E-state index is 0. The van der Waals surface area contributed by atoms with Crippen LogP contribution in [0.15, 0.2) is 29.3 Å². The summed E-state index contributed by atoms with van der Waals surface area (Å²) in [6, 6.07) is 7.82. The number of carbonyl (C=O) groups excluding carboxylic acids is 1. The molecular formula is C19H30ClIN4O. The molecule has 0 aliphatic heterocycles. The molecule has 5 nitrogen and oxygen atoms in total. The van der Waals surface area contributed by atoms with Crippen LogP contribution in [0.1, 0.15) is 31.2 Å². The highest BCUT2D eigenvalue weighted by molar-refractivity contribution is 14.0. The fourth-order valence-corrected chi connectivity index (χ4v) is 3.82. The molecule has 7 heteroatoms. The highest BCUT2D eigenvalue weighted by Crippen LogP contribution is 2.38. The summed E-state index contributed by atoms with van der Waals surface area (Å²) < 4.78 is 0. The standard InChI is InChI=1S/C19H29ClN4O.HI/c1-21-18(24(4)13-15-8-7-9-16(20)12-15)22-14-19(10-5-6-11-19)17(25)23(2)3;/h7-9,12H,5-6,10-11,13-14H2,1-4H3,(H,21,22);1H. The van der Waals surface area contributed by atoms with Crippen LogP contribution < -0.4 is 5.32 Å². The first-order valence-electron chi connectivity index (χ1n) is 8.76. The molecule has 26 heavy (non-hydrogen) atoms. The van der Waals surface area contributed by atoms with Crippen LogP contribution in [-0.2, 0) is 11.3 Å². The number of guanidine groups is 1. The molecule has 1 aliphatic rings. The van der Waals surface area contributed by atoms with E-state index in [1.54, 1.807) is 11.9 Å². The molecule has 0 unspecified atom stereocenters. The molecular weight excluding hydrogens is 463 g/mol. The Morgan fingerprint density at radius 3 is 2.46 bits per heavy atom. The second kappa shape index (κ2) is 10.3. The number of nitrogens with one attached hydrogen (secondary N) is 1. The lowest BCUT2D eigenvalue weighted by Gasteiger charge is -2.32. The summed E-state index contributed by atoms with van der Waals surface area (Å²) in [5.41, 5.74) is 0.814. The van der Waals surface area contributed by atoms with Crippen LogP contribution in [0, 0.1) is 5.41 Å². The van der Waals surface area contributed by atoms with E-state index in [0.717, 1.165) is 42.2 Å². The maximum absolute atomic E-state index is 12.7. The number of hydrogen-bond donors (Lipinski definition) is 1. The maximum Gasteiger partial charge on any atom is 0.230 e. The van der Waals surface area contributed by atoms with Crippen LogP contribution in [0.2, 0.25) is 5.02 Å². The Balaban J connectivity index is 0.00000338. The van der Waals surface area contributed by atoms with E-state index in [1.807, 2.05) is 45.4 Å². The van der Waals surface area contributed by atoms with E-state index < -0.39 is 0 Å². The molecule has 1 saturated carbocycles. The van der Waals surface area contributed by atoms with Gasteiger partial charge in [0.25, 0.3) is 0 Å². The van der Waals surface area contributed by atoms with Gasteiger partial charge in [-0.15, -0.1) is 24.0 Å². The molecule has 146 valence electrons. The van der Waals surface area contributed by atoms with E-state index in [-0.39, 0.29) is 35.3 Å². The van der Waals surface area contributed by atoms with Gasteiger partial charge >= 0.3 is 0 Å². The summed E-state index contributed by atoms with van der Waals surface area (Å²) in [6.45, 7) is 1.32. The van der Waals surface area contributed by atoms with E-state index in [4.69, 9.17) is 11.6 Å². The fraction of sp³-hybridized carbons (Fsp3) is 0.579. The number of nitrogens with zero attached hydrogens (tertiary/aromatic N) is 3. The van der Waals surface area contributed by atoms with E-state index in [2.05, 4.69) is 15.2 Å². The second-order valence-electron chi connectivity index (χ2n) is 7.07. The lowest BCUT2D eigenvalue weighted by Crippen LogP contribution is -2.49. The molecule has 1 aliphatic carbocycles. The average Bonchev–Trinajstić information content (AvgIpc) is 3.04. The van der Waals surface area contributed by atoms with Gasteiger partial charge in [0.15, 0.2) is 5.96 Å². The quantitative estimate of drug-likeness (QED) is 0.388. The number of amides is 1. The van der Waals surface area contributed by atoms with Crippen LogP contribution in [0.25, 0.3) is 0 Å². The predicted molar refractivity (Wildman–Crippen MR) is 119 cm³/mol. The largest absolute Gasteiger partial charge is 0.355 e. The molecule has 1 amide bonds. The predicted octanol–water partition coefficient (Wildman–Crippen LogP) is 3.61. The van der Waals surface area contributed by atoms with Crippen LogP contribution >= 0.6 is 35.6 Å². The van der Waals surface area contributed by atoms with Crippen LogP contribution in [0.5, 0.6) is 0 Å². The fourth-order valence-electron chi connectivity index (χ4n) is 3.61. The molecule has 0 saturated heterocycles. The summed E-state index contributed by atoms with van der Waals surface area (Å²) in [4.78, 5) is 20.8. The van der Waals surface area contributed by atoms with Gasteiger partial charge < -0.3 is 15.1 Å². The molecule has 1 fully saturated rings. The number of halogens is 2. The first-order chi connectivity index (χ1) is 11.9. The molecule has 0 spiro atoms. The van der Waals surface area contributed by atoms with Gasteiger partial charge in [0.1, 0.15) is 0 Å². The van der Waals surface area contributed by atoms with Crippen molar-refractivity contribution in [2.45, 2.75) is 32.2 Å². The molecule has 0 aromatic heterocycles. The van der Waals surface area contributed by atoms with Crippen LogP contribution in [-0.4, -0.2) is 56.4 Å². The number of benzene rings is 1. The minimum Gasteiger partial charge on any atom is -0.355 e. The first kappa shape index (κ1) is 23.0. The maximum atomic E-state index is 12.7. The Morgan fingerprint density at radius 2 is 1.92 bits per heavy atom. The molecule has 1 aromatic carbocycles. The number of carbonyl (C=O) groups is 1. The van der Waals surface area contributed by atoms with Gasteiger partial charge in [-0.1, -0.05) is 36.6 Å². The Hall–Kier alpha value is -1.02. The van der Waals surface area contributed by atoms with Gasteiger partial charge in [0.2, 0.25) is 5.91 Å². The van der Waals surface area contributed by atoms with E-state index in [9.17, 15) is 4.79 Å². The minimum atomic E-state index is -0.309. The third kappa shape index (κ3) is 5.74. The second-order valence-corrected chi connectivity index (χ2v) is 7.51. The molecule has 1 N–H and O–H groups in total. The lowest BCUT2D eigenvalue weighted by atomic mass is 9.84. The third-order valence-corrected chi connectivity index (χ3v) is 5.12. The van der Waals surface area contributed by atoms with Crippen molar-refractivity contribution >= 4 is 47.4 Å². The Labute approximate surface area is 179 Å². The van der Waals surface area contributed by atoms with Gasteiger partial charge in [-0.2, -0.15) is 0 Å². The third-order valence-electron chi connectivity index (χ3n) is 4.89. The smallest absolute Gasteiger partial charge is 0.230 e. The number of rotatable bonds is 5. The Morgan fingerprint density at radius 1 is 1.27 bits per heavy atom. The summed E-state index contributed by atoms with van der Waals surface area (Å²) in [5, 5.41) is 4.15. The summed E-state index contributed by atoms with van der Waals surface area (Å²) in [5.74, 6) is 1.00. The van der Waals surface area contributed by atoms with Crippen molar-refractivity contribution in [1.82, 2.24) is 15.1 Å². The first-order valence-corrected chi connectivity index (χ1v) is 9.14. The van der Waals surface area contributed by atoms with Gasteiger partial charge in [0, 0.05) is 46.3 Å². The van der Waals surface area contributed by atoms with Gasteiger partial charge in [-0.3, -0.25) is 9.79 Å². The zero-order chi connectivity index (χ0) is 18.4. The average molecular weight is 493 g/mol. The van der Waals surface area contributed by atoms with Crippen molar-refractivity contribution in [2.75, 3.05) is 34.7 Å². The monoisotopic (exact) mass is 492 g/mol. The van der Waals surface area contributed by atoms with E-state index in [0.29, 0.717) is 13.1 Å². The molecule has 0 radical (unpaired) electrons. The summed E-state index contributed by atoms with van der Waals surface area (Å²) >= 11 is 6.07. The van der Waals surface area contributed by atoms with Crippen molar-refractivity contribution in [2.24, 2.45) is 10.4 Å². The lowest BCUT2D eigenvalue weighted by molar-refractivity contribution is -0.138.